The molecule has 1 aromatic heterocycles. The van der Waals surface area contributed by atoms with Gasteiger partial charge < -0.3 is 24.9 Å². The minimum Gasteiger partial charge on any atom is -0.475 e. The van der Waals surface area contributed by atoms with Crippen molar-refractivity contribution >= 4 is 11.9 Å². The zero-order valence-corrected chi connectivity index (χ0v) is 11.6. The fraction of sp³-hybridized carbons (Fsp3) is 0.538. The molecule has 7 nitrogen and oxygen atoms in total. The van der Waals surface area contributed by atoms with Crippen LogP contribution in [0.4, 0.5) is 0 Å². The lowest BCUT2D eigenvalue weighted by molar-refractivity contribution is -0.121. The highest BCUT2D eigenvalue weighted by Gasteiger charge is 2.13. The Hall–Kier alpha value is -1.86. The molecule has 0 saturated heterocycles. The van der Waals surface area contributed by atoms with Crippen LogP contribution in [0, 0.1) is 0 Å². The number of hydrogen-bond donors (Lipinski definition) is 3. The van der Waals surface area contributed by atoms with Crippen LogP contribution in [0.15, 0.2) is 16.5 Å². The third-order valence-corrected chi connectivity index (χ3v) is 2.70. The van der Waals surface area contributed by atoms with Gasteiger partial charge in [0.15, 0.2) is 0 Å². The lowest BCUT2D eigenvalue weighted by Crippen LogP contribution is -2.30. The molecule has 7 heteroatoms. The summed E-state index contributed by atoms with van der Waals surface area (Å²) in [6.45, 7) is 3.29. The molecule has 0 bridgehead atoms. The van der Waals surface area contributed by atoms with Crippen molar-refractivity contribution in [2.45, 2.75) is 19.4 Å². The normalized spacial score (nSPS) is 12.1. The number of nitrogens with one attached hydrogen (secondary N) is 2. The molecule has 0 aliphatic rings. The summed E-state index contributed by atoms with van der Waals surface area (Å²) >= 11 is 0. The van der Waals surface area contributed by atoms with Crippen LogP contribution in [0.2, 0.25) is 0 Å². The molecule has 3 N–H and O–H groups in total. The summed E-state index contributed by atoms with van der Waals surface area (Å²) in [7, 11) is 1.57. The number of ether oxygens (including phenoxy) is 1. The zero-order chi connectivity index (χ0) is 15.0. The summed E-state index contributed by atoms with van der Waals surface area (Å²) in [5.41, 5.74) is 0. The van der Waals surface area contributed by atoms with E-state index < -0.39 is 5.97 Å². The number of methoxy groups -OCH3 is 1. The number of furan rings is 1. The number of rotatable bonds is 9. The van der Waals surface area contributed by atoms with Gasteiger partial charge in [-0.1, -0.05) is 0 Å². The van der Waals surface area contributed by atoms with Gasteiger partial charge in [0.05, 0.1) is 12.6 Å². The van der Waals surface area contributed by atoms with Crippen LogP contribution in [0.25, 0.3) is 0 Å². The van der Waals surface area contributed by atoms with Crippen LogP contribution in [0.1, 0.15) is 35.7 Å². The summed E-state index contributed by atoms with van der Waals surface area (Å²) in [5, 5.41) is 14.6. The first kappa shape index (κ1) is 16.2. The van der Waals surface area contributed by atoms with Gasteiger partial charge in [0.2, 0.25) is 11.7 Å². The topological polar surface area (TPSA) is 101 Å². The molecule has 1 heterocycles. The van der Waals surface area contributed by atoms with Crippen molar-refractivity contribution in [3.8, 4) is 0 Å². The van der Waals surface area contributed by atoms with Gasteiger partial charge in [0, 0.05) is 26.6 Å². The molecule has 0 radical (unpaired) electrons. The first-order valence-corrected chi connectivity index (χ1v) is 6.36. The van der Waals surface area contributed by atoms with Crippen LogP contribution >= 0.6 is 0 Å². The van der Waals surface area contributed by atoms with Gasteiger partial charge in [-0.25, -0.2) is 4.79 Å². The predicted octanol–water partition coefficient (Wildman–Crippen LogP) is 0.781. The Kier molecular flexibility index (Phi) is 6.75. The molecular weight excluding hydrogens is 264 g/mol. The second kappa shape index (κ2) is 8.34. The third-order valence-electron chi connectivity index (χ3n) is 2.70. The average molecular weight is 284 g/mol. The molecule has 0 spiro atoms. The fourth-order valence-corrected chi connectivity index (χ4v) is 1.58. The van der Waals surface area contributed by atoms with Crippen molar-refractivity contribution in [2.24, 2.45) is 0 Å². The van der Waals surface area contributed by atoms with Gasteiger partial charge >= 0.3 is 5.97 Å². The van der Waals surface area contributed by atoms with Crippen molar-refractivity contribution in [1.82, 2.24) is 10.6 Å². The second-order valence-corrected chi connectivity index (χ2v) is 4.28. The largest absolute Gasteiger partial charge is 0.475 e. The summed E-state index contributed by atoms with van der Waals surface area (Å²) < 4.78 is 9.99. The minimum absolute atomic E-state index is 0.0626. The zero-order valence-electron chi connectivity index (χ0n) is 11.6. The van der Waals surface area contributed by atoms with Gasteiger partial charge in [-0.3, -0.25) is 4.79 Å². The molecular formula is C13H20N2O5. The Morgan fingerprint density at radius 2 is 2.15 bits per heavy atom. The second-order valence-electron chi connectivity index (χ2n) is 4.28. The van der Waals surface area contributed by atoms with Crippen molar-refractivity contribution < 1.29 is 23.8 Å². The van der Waals surface area contributed by atoms with Gasteiger partial charge in [-0.15, -0.1) is 0 Å². The van der Waals surface area contributed by atoms with E-state index in [2.05, 4.69) is 10.6 Å². The SMILES string of the molecule is COCCNC(=O)CCNC(C)c1ccc(C(=O)O)o1. The molecule has 1 atom stereocenters. The number of carbonyl (C=O) groups excluding carboxylic acids is 1. The van der Waals surface area contributed by atoms with Gasteiger partial charge in [0.1, 0.15) is 5.76 Å². The fourth-order valence-electron chi connectivity index (χ4n) is 1.58. The van der Waals surface area contributed by atoms with E-state index in [1.165, 1.54) is 6.07 Å². The Bertz CT molecular complexity index is 444. The van der Waals surface area contributed by atoms with Crippen molar-refractivity contribution in [2.75, 3.05) is 26.8 Å². The number of carboxylic acids is 1. The van der Waals surface area contributed by atoms with Crippen LogP contribution < -0.4 is 10.6 Å². The van der Waals surface area contributed by atoms with Crippen LogP contribution in [0.3, 0.4) is 0 Å². The third kappa shape index (κ3) is 5.41. The number of carbonyl (C=O) groups is 2. The van der Waals surface area contributed by atoms with Gasteiger partial charge in [-0.05, 0) is 19.1 Å². The van der Waals surface area contributed by atoms with Crippen molar-refractivity contribution in [3.63, 3.8) is 0 Å². The van der Waals surface area contributed by atoms with E-state index in [-0.39, 0.29) is 17.7 Å². The monoisotopic (exact) mass is 284 g/mol. The summed E-state index contributed by atoms with van der Waals surface area (Å²) in [6, 6.07) is 2.86. The highest BCUT2D eigenvalue weighted by molar-refractivity contribution is 5.84. The first-order chi connectivity index (χ1) is 9.54. The molecule has 0 fully saturated rings. The van der Waals surface area contributed by atoms with Crippen LogP contribution in [-0.2, 0) is 9.53 Å². The molecule has 0 saturated carbocycles. The van der Waals surface area contributed by atoms with Gasteiger partial charge in [-0.2, -0.15) is 0 Å². The van der Waals surface area contributed by atoms with Gasteiger partial charge in [0.25, 0.3) is 0 Å². The highest BCUT2D eigenvalue weighted by Crippen LogP contribution is 2.16. The highest BCUT2D eigenvalue weighted by atomic mass is 16.5. The molecule has 0 aliphatic heterocycles. The lowest BCUT2D eigenvalue weighted by Gasteiger charge is -2.11. The van der Waals surface area contributed by atoms with E-state index in [0.29, 0.717) is 31.9 Å². The minimum atomic E-state index is -1.10. The molecule has 1 amide bonds. The first-order valence-electron chi connectivity index (χ1n) is 6.36. The molecule has 1 rings (SSSR count). The summed E-state index contributed by atoms with van der Waals surface area (Å²) in [6.07, 6.45) is 0.334. The molecule has 1 aromatic rings. The number of amides is 1. The predicted molar refractivity (Wildman–Crippen MR) is 71.6 cm³/mol. The maximum Gasteiger partial charge on any atom is 0.371 e. The Labute approximate surface area is 117 Å². The smallest absolute Gasteiger partial charge is 0.371 e. The van der Waals surface area contributed by atoms with E-state index in [1.807, 2.05) is 6.92 Å². The standard InChI is InChI=1S/C13H20N2O5/c1-9(10-3-4-11(20-10)13(17)18)14-6-5-12(16)15-7-8-19-2/h3-4,9,14H,5-8H2,1-2H3,(H,15,16)(H,17,18). The number of aromatic carboxylic acids is 1. The maximum absolute atomic E-state index is 11.4. The van der Waals surface area contributed by atoms with Crippen LogP contribution in [-0.4, -0.2) is 43.8 Å². The maximum atomic E-state index is 11.4. The van der Waals surface area contributed by atoms with E-state index in [1.54, 1.807) is 13.2 Å². The Morgan fingerprint density at radius 3 is 2.75 bits per heavy atom. The summed E-state index contributed by atoms with van der Waals surface area (Å²) in [4.78, 5) is 22.1. The Balaban J connectivity index is 2.27. The molecule has 1 unspecified atom stereocenters. The van der Waals surface area contributed by atoms with Crippen molar-refractivity contribution in [3.05, 3.63) is 23.7 Å². The van der Waals surface area contributed by atoms with E-state index in [0.717, 1.165) is 0 Å². The molecule has 20 heavy (non-hydrogen) atoms. The van der Waals surface area contributed by atoms with E-state index >= 15 is 0 Å². The molecule has 0 aliphatic carbocycles. The van der Waals surface area contributed by atoms with E-state index in [9.17, 15) is 9.59 Å². The van der Waals surface area contributed by atoms with Crippen molar-refractivity contribution in [1.29, 1.82) is 0 Å². The average Bonchev–Trinajstić information content (AvgIpc) is 2.88. The molecule has 112 valence electrons. The van der Waals surface area contributed by atoms with Crippen LogP contribution in [0.5, 0.6) is 0 Å². The number of carboxylic acid groups (broad SMARTS) is 1. The van der Waals surface area contributed by atoms with E-state index in [4.69, 9.17) is 14.3 Å². The Morgan fingerprint density at radius 1 is 1.40 bits per heavy atom. The lowest BCUT2D eigenvalue weighted by atomic mass is 10.2. The number of hydrogen-bond acceptors (Lipinski definition) is 5. The summed E-state index contributed by atoms with van der Waals surface area (Å²) in [5.74, 6) is -0.721. The quantitative estimate of drug-likeness (QED) is 0.579. The molecule has 0 aromatic carbocycles.